The van der Waals surface area contributed by atoms with E-state index < -0.39 is 17.5 Å². The molecular weight excluding hydrogens is 556 g/mol. The van der Waals surface area contributed by atoms with Gasteiger partial charge in [-0.05, 0) is 86.5 Å². The van der Waals surface area contributed by atoms with Gasteiger partial charge in [-0.25, -0.2) is 8.78 Å². The van der Waals surface area contributed by atoms with Gasteiger partial charge in [0.25, 0.3) is 5.91 Å². The number of halogens is 2. The molecule has 3 aliphatic rings. The van der Waals surface area contributed by atoms with Crippen LogP contribution in [0.2, 0.25) is 0 Å². The molecule has 0 aliphatic heterocycles. The molecule has 3 aliphatic carbocycles. The molecule has 2 N–H and O–H groups in total. The highest BCUT2D eigenvalue weighted by atomic mass is 19.2. The van der Waals surface area contributed by atoms with Gasteiger partial charge in [-0.1, -0.05) is 13.0 Å². The summed E-state index contributed by atoms with van der Waals surface area (Å²) < 4.78 is 38.5. The number of fused-ring (bicyclic) bond motifs is 2. The number of hydrogen-bond acceptors (Lipinski definition) is 6. The van der Waals surface area contributed by atoms with Crippen LogP contribution < -0.4 is 20.1 Å². The number of nitrogens with zero attached hydrogens (tertiary/aromatic N) is 1. The largest absolute Gasteiger partial charge is 0.496 e. The van der Waals surface area contributed by atoms with Crippen molar-refractivity contribution in [2.24, 2.45) is 29.1 Å². The molecule has 2 aromatic rings. The molecule has 0 spiro atoms. The Kier molecular flexibility index (Phi) is 9.00. The number of nitrogens with one attached hydrogen (secondary N) is 2. The fourth-order valence-electron chi connectivity index (χ4n) is 7.13. The maximum Gasteiger partial charge on any atom is 0.255 e. The number of carbonyl (C=O) groups excluding carboxylic acids is 3. The molecule has 8 nitrogen and oxygen atoms in total. The van der Waals surface area contributed by atoms with Gasteiger partial charge in [0.2, 0.25) is 5.91 Å². The number of carbonyl (C=O) groups is 3. The van der Waals surface area contributed by atoms with Crippen molar-refractivity contribution >= 4 is 18.1 Å². The lowest BCUT2D eigenvalue weighted by molar-refractivity contribution is -0.128. The normalized spacial score (nSPS) is 27.7. The maximum atomic E-state index is 13.6. The standard InChI is InChI=1S/C33H37F2N3O5/c1-33(18-39)9-7-23(8-10-33)43-28-14-24(29(42-2)13-22(28)15-36)31(40)38-17-25-20-4-5-21(12-20)30(25)32(41)37-16-19-3-6-26(34)27(35)11-19/h3,6,11,13-14,18,20-21,23,25,30H,4-5,7-10,12,16-17H2,1-2H3,(H,37,41)(H,38,40)/t20-,21+,23?,25+,30-,33?/m0/s1. The third kappa shape index (κ3) is 6.51. The highest BCUT2D eigenvalue weighted by molar-refractivity contribution is 5.97. The van der Waals surface area contributed by atoms with E-state index in [1.54, 1.807) is 0 Å². The van der Waals surface area contributed by atoms with Crippen molar-refractivity contribution in [3.05, 3.63) is 58.7 Å². The van der Waals surface area contributed by atoms with Gasteiger partial charge in [0, 0.05) is 30.5 Å². The van der Waals surface area contributed by atoms with Crippen molar-refractivity contribution in [1.82, 2.24) is 10.6 Å². The predicted octanol–water partition coefficient (Wildman–Crippen LogP) is 5.08. The molecule has 4 atom stereocenters. The summed E-state index contributed by atoms with van der Waals surface area (Å²) in [6, 6.07) is 8.71. The SMILES string of the molecule is COc1cc(C#N)c(OC2CCC(C)(C=O)CC2)cc1C(=O)NC[C@@H]1[C@H]2CC[C@H](C2)[C@@H]1C(=O)NCc1ccc(F)c(F)c1. The van der Waals surface area contributed by atoms with E-state index in [0.717, 1.165) is 37.7 Å². The Hall–Kier alpha value is -4.00. The molecule has 228 valence electrons. The summed E-state index contributed by atoms with van der Waals surface area (Å²) in [6.45, 7) is 2.31. The van der Waals surface area contributed by atoms with Crippen LogP contribution in [0.25, 0.3) is 0 Å². The maximum absolute atomic E-state index is 13.6. The van der Waals surface area contributed by atoms with Crippen molar-refractivity contribution in [3.63, 3.8) is 0 Å². The zero-order valence-electron chi connectivity index (χ0n) is 24.5. The molecule has 0 aromatic heterocycles. The summed E-state index contributed by atoms with van der Waals surface area (Å²) in [5, 5.41) is 15.6. The molecule has 2 amide bonds. The topological polar surface area (TPSA) is 118 Å². The van der Waals surface area contributed by atoms with E-state index in [4.69, 9.17) is 9.47 Å². The van der Waals surface area contributed by atoms with E-state index in [1.165, 1.54) is 25.3 Å². The van der Waals surface area contributed by atoms with Crippen LogP contribution >= 0.6 is 0 Å². The highest BCUT2D eigenvalue weighted by Gasteiger charge is 2.50. The van der Waals surface area contributed by atoms with Crippen LogP contribution in [0.1, 0.15) is 73.4 Å². The van der Waals surface area contributed by atoms with E-state index in [0.29, 0.717) is 42.9 Å². The van der Waals surface area contributed by atoms with E-state index in [2.05, 4.69) is 16.7 Å². The van der Waals surface area contributed by atoms with Gasteiger partial charge in [-0.2, -0.15) is 5.26 Å². The molecule has 2 bridgehead atoms. The number of aldehydes is 1. The van der Waals surface area contributed by atoms with Gasteiger partial charge < -0.3 is 24.9 Å². The fourth-order valence-corrected chi connectivity index (χ4v) is 7.13. The quantitative estimate of drug-likeness (QED) is 0.371. The number of amides is 2. The molecule has 0 radical (unpaired) electrons. The van der Waals surface area contributed by atoms with Crippen molar-refractivity contribution in [2.75, 3.05) is 13.7 Å². The second kappa shape index (κ2) is 12.7. The molecule has 3 saturated carbocycles. The van der Waals surface area contributed by atoms with Crippen LogP contribution in [0.3, 0.4) is 0 Å². The lowest BCUT2D eigenvalue weighted by Gasteiger charge is -2.33. The summed E-state index contributed by atoms with van der Waals surface area (Å²) in [4.78, 5) is 38.2. The number of ether oxygens (including phenoxy) is 2. The number of rotatable bonds is 10. The van der Waals surface area contributed by atoms with Gasteiger partial charge in [0.05, 0.1) is 24.3 Å². The van der Waals surface area contributed by atoms with Crippen molar-refractivity contribution in [3.8, 4) is 17.6 Å². The van der Waals surface area contributed by atoms with Crippen LogP contribution in [0.5, 0.6) is 11.5 Å². The zero-order chi connectivity index (χ0) is 30.7. The van der Waals surface area contributed by atoms with E-state index in [9.17, 15) is 28.4 Å². The van der Waals surface area contributed by atoms with Crippen LogP contribution in [-0.4, -0.2) is 37.9 Å². The Morgan fingerprint density at radius 3 is 2.47 bits per heavy atom. The molecule has 0 heterocycles. The van der Waals surface area contributed by atoms with Crippen molar-refractivity contribution < 1.29 is 32.6 Å². The molecule has 10 heteroatoms. The van der Waals surface area contributed by atoms with Crippen molar-refractivity contribution in [1.29, 1.82) is 5.26 Å². The zero-order valence-corrected chi connectivity index (χ0v) is 24.5. The van der Waals surface area contributed by atoms with Gasteiger partial charge >= 0.3 is 0 Å². The van der Waals surface area contributed by atoms with Crippen LogP contribution in [0.4, 0.5) is 8.78 Å². The second-order valence-corrected chi connectivity index (χ2v) is 12.4. The Morgan fingerprint density at radius 1 is 1.05 bits per heavy atom. The van der Waals surface area contributed by atoms with Gasteiger partial charge in [-0.3, -0.25) is 9.59 Å². The average molecular weight is 594 g/mol. The number of nitriles is 1. The van der Waals surface area contributed by atoms with E-state index in [-0.39, 0.29) is 65.1 Å². The minimum Gasteiger partial charge on any atom is -0.496 e. The Morgan fingerprint density at radius 2 is 1.79 bits per heavy atom. The molecule has 2 aromatic carbocycles. The first kappa shape index (κ1) is 30.5. The third-order valence-corrected chi connectivity index (χ3v) is 9.66. The summed E-state index contributed by atoms with van der Waals surface area (Å²) in [5.41, 5.74) is 0.587. The number of methoxy groups -OCH3 is 1. The van der Waals surface area contributed by atoms with Crippen LogP contribution in [0.15, 0.2) is 30.3 Å². The second-order valence-electron chi connectivity index (χ2n) is 12.4. The minimum atomic E-state index is -0.960. The van der Waals surface area contributed by atoms with Crippen LogP contribution in [-0.2, 0) is 16.1 Å². The van der Waals surface area contributed by atoms with Crippen molar-refractivity contribution in [2.45, 2.75) is 64.5 Å². The molecule has 3 fully saturated rings. The first-order valence-electron chi connectivity index (χ1n) is 14.9. The number of benzene rings is 2. The fraction of sp³-hybridized carbons (Fsp3) is 0.515. The predicted molar refractivity (Wildman–Crippen MR) is 153 cm³/mol. The first-order valence-corrected chi connectivity index (χ1v) is 14.9. The molecule has 5 rings (SSSR count). The first-order chi connectivity index (χ1) is 20.6. The molecule has 43 heavy (non-hydrogen) atoms. The lowest BCUT2D eigenvalue weighted by atomic mass is 9.76. The summed E-state index contributed by atoms with van der Waals surface area (Å²) in [5.74, 6) is -1.77. The average Bonchev–Trinajstić information content (AvgIpc) is 3.63. The van der Waals surface area contributed by atoms with E-state index >= 15 is 0 Å². The van der Waals surface area contributed by atoms with Gasteiger partial charge in [0.15, 0.2) is 11.6 Å². The summed E-state index contributed by atoms with van der Waals surface area (Å²) in [7, 11) is 1.43. The number of hydrogen-bond donors (Lipinski definition) is 2. The minimum absolute atomic E-state index is 0.0675. The van der Waals surface area contributed by atoms with Crippen LogP contribution in [0, 0.1) is 52.1 Å². The van der Waals surface area contributed by atoms with Gasteiger partial charge in [0.1, 0.15) is 23.9 Å². The monoisotopic (exact) mass is 593 g/mol. The van der Waals surface area contributed by atoms with Gasteiger partial charge in [-0.15, -0.1) is 0 Å². The lowest BCUT2D eigenvalue weighted by Crippen LogP contribution is -2.43. The molecule has 0 saturated heterocycles. The third-order valence-electron chi connectivity index (χ3n) is 9.66. The molecular formula is C33H37F2N3O5. The summed E-state index contributed by atoms with van der Waals surface area (Å²) in [6.07, 6.45) is 6.36. The smallest absolute Gasteiger partial charge is 0.255 e. The van der Waals surface area contributed by atoms with E-state index in [1.807, 2.05) is 6.92 Å². The molecule has 0 unspecified atom stereocenters. The Labute approximate surface area is 250 Å². The Balaban J connectivity index is 1.25. The Bertz CT molecular complexity index is 1430. The highest BCUT2D eigenvalue weighted by Crippen LogP contribution is 2.52. The summed E-state index contributed by atoms with van der Waals surface area (Å²) >= 11 is 0.